The molecule has 0 atom stereocenters. The molecule has 0 saturated carbocycles. The Labute approximate surface area is 225 Å². The lowest BCUT2D eigenvalue weighted by molar-refractivity contribution is 0.158. The molecule has 13 heteroatoms. The van der Waals surface area contributed by atoms with Gasteiger partial charge in [-0.15, -0.1) is 0 Å². The van der Waals surface area contributed by atoms with E-state index < -0.39 is 26.8 Å². The van der Waals surface area contributed by atoms with Crippen LogP contribution in [0.25, 0.3) is 0 Å². The van der Waals surface area contributed by atoms with Crippen LogP contribution in [0.2, 0.25) is 5.15 Å². The van der Waals surface area contributed by atoms with Gasteiger partial charge >= 0.3 is 10.6 Å². The standard InChI is InChI=1S/C25H28ClFN4O6S/c1-2-37-29-21-9-6-17-14-18(7-8-19(17)21)36-13-5-3-4-10-30-11-12-31(38(30,24(32)33)25(34)35)22-15-23(26)28-16-20(22)27/h7-8,11-12,14-16H,2-6,9-10,13H2,1H3,(H,32,33)(H,34,35)/b29-21+. The number of oxime groups is 1. The Morgan fingerprint density at radius 1 is 1.16 bits per heavy atom. The van der Waals surface area contributed by atoms with E-state index in [-0.39, 0.29) is 17.4 Å². The van der Waals surface area contributed by atoms with Crippen molar-refractivity contribution >= 4 is 44.0 Å². The molecular weight excluding hydrogens is 539 g/mol. The predicted molar refractivity (Wildman–Crippen MR) is 143 cm³/mol. The van der Waals surface area contributed by atoms with Gasteiger partial charge in [0.1, 0.15) is 27.9 Å². The summed E-state index contributed by atoms with van der Waals surface area (Å²) in [6, 6.07) is 7.01. The first-order chi connectivity index (χ1) is 18.3. The van der Waals surface area contributed by atoms with Crippen molar-refractivity contribution in [1.29, 1.82) is 0 Å². The lowest BCUT2D eigenvalue weighted by Crippen LogP contribution is -2.40. The summed E-state index contributed by atoms with van der Waals surface area (Å²) in [5, 5.41) is 21.0. The van der Waals surface area contributed by atoms with E-state index in [9.17, 15) is 24.2 Å². The predicted octanol–water partition coefficient (Wildman–Crippen LogP) is 6.39. The fourth-order valence-electron chi connectivity index (χ4n) is 4.38. The number of rotatable bonds is 10. The molecule has 204 valence electrons. The zero-order valence-corrected chi connectivity index (χ0v) is 22.3. The van der Waals surface area contributed by atoms with Gasteiger partial charge in [-0.2, -0.15) is 0 Å². The van der Waals surface area contributed by atoms with Crippen LogP contribution in [-0.2, 0) is 11.3 Å². The fourth-order valence-corrected chi connectivity index (χ4v) is 6.92. The number of aryl methyl sites for hydroxylation is 1. The van der Waals surface area contributed by atoms with Gasteiger partial charge < -0.3 is 24.1 Å². The van der Waals surface area contributed by atoms with Crippen LogP contribution in [0, 0.1) is 5.82 Å². The highest BCUT2D eigenvalue weighted by Gasteiger charge is 2.53. The molecule has 0 amide bonds. The van der Waals surface area contributed by atoms with Gasteiger partial charge in [-0.25, -0.2) is 19.0 Å². The van der Waals surface area contributed by atoms with E-state index in [2.05, 4.69) is 10.1 Å². The van der Waals surface area contributed by atoms with E-state index in [0.29, 0.717) is 32.5 Å². The molecule has 0 saturated heterocycles. The number of carboxylic acid groups (broad SMARTS) is 2. The molecule has 1 aliphatic heterocycles. The van der Waals surface area contributed by atoms with Crippen molar-refractivity contribution in [3.8, 4) is 5.75 Å². The zero-order chi connectivity index (χ0) is 27.3. The first-order valence-electron chi connectivity index (χ1n) is 12.1. The molecule has 1 aromatic carbocycles. The molecule has 0 spiro atoms. The van der Waals surface area contributed by atoms with Crippen LogP contribution in [0.1, 0.15) is 43.7 Å². The maximum Gasteiger partial charge on any atom is 0.393 e. The van der Waals surface area contributed by atoms with E-state index in [0.717, 1.165) is 46.4 Å². The third-order valence-electron chi connectivity index (χ3n) is 6.13. The normalized spacial score (nSPS) is 17.5. The Morgan fingerprint density at radius 3 is 2.68 bits per heavy atom. The minimum absolute atomic E-state index is 0.0835. The average molecular weight is 567 g/mol. The molecule has 1 aromatic heterocycles. The Kier molecular flexibility index (Phi) is 8.62. The molecule has 0 radical (unpaired) electrons. The lowest BCUT2D eigenvalue weighted by Gasteiger charge is -2.42. The molecule has 1 aliphatic carbocycles. The lowest BCUT2D eigenvalue weighted by atomic mass is 10.1. The minimum Gasteiger partial charge on any atom is -0.494 e. The molecule has 2 aliphatic rings. The SMILES string of the molecule is CCO/N=C1\CCc2cc(OCCCCCN3C=CN(c4cc(Cl)ncc4F)S3(C(=O)O)C(=O)O)ccc21. The van der Waals surface area contributed by atoms with Crippen LogP contribution in [0.4, 0.5) is 19.7 Å². The number of unbranched alkanes of at least 4 members (excludes halogenated alkanes) is 2. The molecular formula is C25H28ClFN4O6S. The summed E-state index contributed by atoms with van der Waals surface area (Å²) >= 11 is 5.86. The van der Waals surface area contributed by atoms with Crippen LogP contribution in [-0.4, -0.2) is 55.6 Å². The molecule has 0 bridgehead atoms. The van der Waals surface area contributed by atoms with Crippen molar-refractivity contribution in [3.63, 3.8) is 0 Å². The number of hydrogen-bond donors (Lipinski definition) is 2. The van der Waals surface area contributed by atoms with Gasteiger partial charge in [-0.3, -0.25) is 4.31 Å². The Morgan fingerprint density at radius 2 is 1.95 bits per heavy atom. The molecule has 2 N–H and O–H groups in total. The van der Waals surface area contributed by atoms with Gasteiger partial charge in [-0.05, 0) is 62.8 Å². The van der Waals surface area contributed by atoms with E-state index in [4.69, 9.17) is 21.2 Å². The number of benzene rings is 1. The molecule has 2 aromatic rings. The minimum atomic E-state index is -3.71. The second kappa shape index (κ2) is 11.9. The molecule has 2 heterocycles. The number of fused-ring (bicyclic) bond motifs is 1. The van der Waals surface area contributed by atoms with Crippen molar-refractivity contribution in [3.05, 3.63) is 65.0 Å². The Hall–Kier alpha value is -3.51. The number of carbonyl (C=O) groups is 2. The third kappa shape index (κ3) is 5.37. The van der Waals surface area contributed by atoms with Gasteiger partial charge in [0, 0.05) is 30.6 Å². The molecule has 0 fully saturated rings. The molecule has 38 heavy (non-hydrogen) atoms. The highest BCUT2D eigenvalue weighted by atomic mass is 35.5. The van der Waals surface area contributed by atoms with Gasteiger partial charge in [-0.1, -0.05) is 16.8 Å². The summed E-state index contributed by atoms with van der Waals surface area (Å²) in [6.45, 7) is 3.03. The topological polar surface area (TPSA) is 125 Å². The highest BCUT2D eigenvalue weighted by molar-refractivity contribution is 8.54. The number of hydrogen-bond acceptors (Lipinski definition) is 8. The van der Waals surface area contributed by atoms with Crippen LogP contribution in [0.3, 0.4) is 0 Å². The van der Waals surface area contributed by atoms with Crippen LogP contribution >= 0.6 is 22.0 Å². The van der Waals surface area contributed by atoms with Gasteiger partial charge in [0.25, 0.3) is 0 Å². The summed E-state index contributed by atoms with van der Waals surface area (Å²) in [6.07, 6.45) is 7.04. The first-order valence-corrected chi connectivity index (χ1v) is 14.0. The summed E-state index contributed by atoms with van der Waals surface area (Å²) in [4.78, 5) is 33.5. The van der Waals surface area contributed by atoms with Crippen molar-refractivity contribution in [2.45, 2.75) is 39.0 Å². The Bertz CT molecular complexity index is 1260. The maximum absolute atomic E-state index is 14.5. The monoisotopic (exact) mass is 566 g/mol. The number of halogens is 2. The number of ether oxygens (including phenoxy) is 1. The van der Waals surface area contributed by atoms with E-state index in [1.54, 1.807) is 0 Å². The molecule has 10 nitrogen and oxygen atoms in total. The van der Waals surface area contributed by atoms with Crippen molar-refractivity contribution < 1.29 is 33.8 Å². The largest absolute Gasteiger partial charge is 0.494 e. The second-order valence-corrected chi connectivity index (χ2v) is 11.5. The number of nitrogens with zero attached hydrogens (tertiary/aromatic N) is 4. The molecule has 0 unspecified atom stereocenters. The van der Waals surface area contributed by atoms with E-state index in [1.165, 1.54) is 22.3 Å². The highest BCUT2D eigenvalue weighted by Crippen LogP contribution is 2.61. The number of aromatic nitrogens is 1. The second-order valence-electron chi connectivity index (χ2n) is 8.49. The van der Waals surface area contributed by atoms with E-state index in [1.807, 2.05) is 25.1 Å². The number of pyridine rings is 1. The maximum atomic E-state index is 14.5. The van der Waals surface area contributed by atoms with Crippen molar-refractivity contribution in [2.24, 2.45) is 5.16 Å². The van der Waals surface area contributed by atoms with Crippen LogP contribution in [0.5, 0.6) is 5.75 Å². The zero-order valence-electron chi connectivity index (χ0n) is 20.7. The van der Waals surface area contributed by atoms with Crippen molar-refractivity contribution in [1.82, 2.24) is 9.29 Å². The average Bonchev–Trinajstić information content (AvgIpc) is 3.48. The van der Waals surface area contributed by atoms with Crippen LogP contribution < -0.4 is 9.04 Å². The van der Waals surface area contributed by atoms with E-state index >= 15 is 0 Å². The summed E-state index contributed by atoms with van der Waals surface area (Å²) in [7, 11) is -3.71. The van der Waals surface area contributed by atoms with Gasteiger partial charge in [0.2, 0.25) is 0 Å². The summed E-state index contributed by atoms with van der Waals surface area (Å²) < 4.78 is 22.6. The summed E-state index contributed by atoms with van der Waals surface area (Å²) in [5.74, 6) is -0.112. The third-order valence-corrected chi connectivity index (χ3v) is 9.18. The van der Waals surface area contributed by atoms with Gasteiger partial charge in [0.05, 0.1) is 24.2 Å². The first kappa shape index (κ1) is 27.5. The number of anilines is 1. The van der Waals surface area contributed by atoms with Crippen molar-refractivity contribution in [2.75, 3.05) is 24.1 Å². The molecule has 4 rings (SSSR count). The smallest absolute Gasteiger partial charge is 0.393 e. The van der Waals surface area contributed by atoms with Gasteiger partial charge in [0.15, 0.2) is 5.82 Å². The van der Waals surface area contributed by atoms with Crippen LogP contribution in [0.15, 0.2) is 48.0 Å². The Balaban J connectivity index is 1.32. The fraction of sp³-hybridized carbons (Fsp3) is 0.360. The summed E-state index contributed by atoms with van der Waals surface area (Å²) in [5.41, 5.74) is 2.93. The quantitative estimate of drug-likeness (QED) is 0.191.